The molecular weight excluding hydrogens is 188 g/mol. The van der Waals surface area contributed by atoms with Crippen LogP contribution in [0.25, 0.3) is 0 Å². The SMILES string of the molecule is CSCOc1cccc(CS)c1. The number of hydrogen-bond acceptors (Lipinski definition) is 3. The third-order valence-corrected chi connectivity index (χ3v) is 2.14. The summed E-state index contributed by atoms with van der Waals surface area (Å²) in [5.74, 6) is 2.39. The van der Waals surface area contributed by atoms with Crippen LogP contribution in [0.15, 0.2) is 24.3 Å². The molecule has 0 spiro atoms. The highest BCUT2D eigenvalue weighted by molar-refractivity contribution is 7.98. The van der Waals surface area contributed by atoms with Crippen LogP contribution in [0.1, 0.15) is 5.56 Å². The van der Waals surface area contributed by atoms with Crippen LogP contribution >= 0.6 is 24.4 Å². The highest BCUT2D eigenvalue weighted by Crippen LogP contribution is 2.15. The minimum atomic E-state index is 0.704. The molecule has 0 aromatic heterocycles. The van der Waals surface area contributed by atoms with E-state index in [1.54, 1.807) is 11.8 Å². The van der Waals surface area contributed by atoms with Gasteiger partial charge in [-0.15, -0.1) is 11.8 Å². The molecule has 0 aliphatic rings. The van der Waals surface area contributed by atoms with Gasteiger partial charge in [0.2, 0.25) is 0 Å². The van der Waals surface area contributed by atoms with Crippen molar-refractivity contribution >= 4 is 24.4 Å². The van der Waals surface area contributed by atoms with E-state index in [2.05, 4.69) is 12.6 Å². The van der Waals surface area contributed by atoms with Gasteiger partial charge in [-0.3, -0.25) is 0 Å². The lowest BCUT2D eigenvalue weighted by atomic mass is 10.2. The standard InChI is InChI=1S/C9H12OS2/c1-12-7-10-9-4-2-3-8(5-9)6-11/h2-5,11H,6-7H2,1H3. The summed E-state index contributed by atoms with van der Waals surface area (Å²) in [6, 6.07) is 8.01. The van der Waals surface area contributed by atoms with Crippen LogP contribution in [-0.2, 0) is 5.75 Å². The molecule has 0 saturated heterocycles. The number of benzene rings is 1. The number of hydrogen-bond donors (Lipinski definition) is 1. The Morgan fingerprint density at radius 3 is 3.00 bits per heavy atom. The lowest BCUT2D eigenvalue weighted by Gasteiger charge is -2.04. The van der Waals surface area contributed by atoms with E-state index in [4.69, 9.17) is 4.74 Å². The van der Waals surface area contributed by atoms with Crippen molar-refractivity contribution in [3.05, 3.63) is 29.8 Å². The summed E-state index contributed by atoms with van der Waals surface area (Å²) < 4.78 is 5.43. The second-order valence-electron chi connectivity index (χ2n) is 2.36. The van der Waals surface area contributed by atoms with Gasteiger partial charge in [0.25, 0.3) is 0 Å². The second kappa shape index (κ2) is 5.38. The average molecular weight is 200 g/mol. The Hall–Kier alpha value is -0.280. The van der Waals surface area contributed by atoms with Crippen LogP contribution in [0, 0.1) is 0 Å². The summed E-state index contributed by atoms with van der Waals surface area (Å²) in [7, 11) is 0. The van der Waals surface area contributed by atoms with Crippen LogP contribution in [0.2, 0.25) is 0 Å². The first-order valence-corrected chi connectivity index (χ1v) is 5.71. The predicted octanol–water partition coefficient (Wildman–Crippen LogP) is 2.82. The van der Waals surface area contributed by atoms with Crippen LogP contribution in [0.4, 0.5) is 0 Å². The first-order chi connectivity index (χ1) is 5.86. The highest BCUT2D eigenvalue weighted by Gasteiger charge is 1.93. The number of rotatable bonds is 4. The van der Waals surface area contributed by atoms with E-state index in [9.17, 15) is 0 Å². The average Bonchev–Trinajstić information content (AvgIpc) is 2.15. The quantitative estimate of drug-likeness (QED) is 0.591. The molecule has 1 aromatic rings. The molecule has 66 valence electrons. The first-order valence-electron chi connectivity index (χ1n) is 3.68. The van der Waals surface area contributed by atoms with E-state index in [0.717, 1.165) is 11.5 Å². The van der Waals surface area contributed by atoms with Crippen molar-refractivity contribution in [2.75, 3.05) is 12.2 Å². The molecule has 12 heavy (non-hydrogen) atoms. The van der Waals surface area contributed by atoms with Gasteiger partial charge < -0.3 is 4.74 Å². The Morgan fingerprint density at radius 2 is 2.33 bits per heavy atom. The molecule has 0 bridgehead atoms. The lowest BCUT2D eigenvalue weighted by Crippen LogP contribution is -1.91. The Labute approximate surface area is 82.9 Å². The van der Waals surface area contributed by atoms with Crippen LogP contribution < -0.4 is 4.74 Å². The van der Waals surface area contributed by atoms with Crippen molar-refractivity contribution < 1.29 is 4.74 Å². The third-order valence-electron chi connectivity index (χ3n) is 1.42. The summed E-state index contributed by atoms with van der Waals surface area (Å²) in [6.45, 7) is 0. The van der Waals surface area contributed by atoms with Crippen molar-refractivity contribution in [2.45, 2.75) is 5.75 Å². The van der Waals surface area contributed by atoms with Crippen molar-refractivity contribution in [3.63, 3.8) is 0 Å². The van der Waals surface area contributed by atoms with Crippen LogP contribution in [0.3, 0.4) is 0 Å². The van der Waals surface area contributed by atoms with Crippen molar-refractivity contribution in [1.29, 1.82) is 0 Å². The predicted molar refractivity (Wildman–Crippen MR) is 58.1 cm³/mol. The van der Waals surface area contributed by atoms with Crippen molar-refractivity contribution in [1.82, 2.24) is 0 Å². The fraction of sp³-hybridized carbons (Fsp3) is 0.333. The monoisotopic (exact) mass is 200 g/mol. The molecule has 3 heteroatoms. The summed E-state index contributed by atoms with van der Waals surface area (Å²) in [5.41, 5.74) is 1.19. The third kappa shape index (κ3) is 2.99. The fourth-order valence-electron chi connectivity index (χ4n) is 0.861. The van der Waals surface area contributed by atoms with Gasteiger partial charge in [-0.25, -0.2) is 0 Å². The lowest BCUT2D eigenvalue weighted by molar-refractivity contribution is 0.393. The number of thioether (sulfide) groups is 1. The molecule has 1 aromatic carbocycles. The molecule has 0 unspecified atom stereocenters. The van der Waals surface area contributed by atoms with E-state index in [1.165, 1.54) is 5.56 Å². The number of thiol groups is 1. The second-order valence-corrected chi connectivity index (χ2v) is 3.49. The molecule has 1 nitrogen and oxygen atoms in total. The van der Waals surface area contributed by atoms with Gasteiger partial charge in [-0.1, -0.05) is 12.1 Å². The zero-order valence-corrected chi connectivity index (χ0v) is 8.70. The molecule has 1 rings (SSSR count). The van der Waals surface area contributed by atoms with Crippen molar-refractivity contribution in [3.8, 4) is 5.75 Å². The van der Waals surface area contributed by atoms with Gasteiger partial charge in [0.15, 0.2) is 0 Å². The van der Waals surface area contributed by atoms with E-state index in [0.29, 0.717) is 5.94 Å². The Balaban J connectivity index is 2.60. The molecule has 0 fully saturated rings. The summed E-state index contributed by atoms with van der Waals surface area (Å²) >= 11 is 5.86. The van der Waals surface area contributed by atoms with Crippen LogP contribution in [-0.4, -0.2) is 12.2 Å². The molecule has 0 saturated carbocycles. The molecule has 0 radical (unpaired) electrons. The number of ether oxygens (including phenoxy) is 1. The van der Waals surface area contributed by atoms with E-state index < -0.39 is 0 Å². The maximum Gasteiger partial charge on any atom is 0.133 e. The normalized spacial score (nSPS) is 9.83. The zero-order chi connectivity index (χ0) is 8.81. The smallest absolute Gasteiger partial charge is 0.133 e. The van der Waals surface area contributed by atoms with Gasteiger partial charge in [0.05, 0.1) is 0 Å². The summed E-state index contributed by atoms with van der Waals surface area (Å²) in [6.07, 6.45) is 2.02. The molecule has 0 heterocycles. The largest absolute Gasteiger partial charge is 0.483 e. The molecular formula is C9H12OS2. The zero-order valence-electron chi connectivity index (χ0n) is 6.99. The highest BCUT2D eigenvalue weighted by atomic mass is 32.2. The van der Waals surface area contributed by atoms with Crippen molar-refractivity contribution in [2.24, 2.45) is 0 Å². The topological polar surface area (TPSA) is 9.23 Å². The Bertz CT molecular complexity index is 238. The van der Waals surface area contributed by atoms with E-state index in [-0.39, 0.29) is 0 Å². The Morgan fingerprint density at radius 1 is 1.50 bits per heavy atom. The Kier molecular flexibility index (Phi) is 4.40. The van der Waals surface area contributed by atoms with Crippen LogP contribution in [0.5, 0.6) is 5.75 Å². The van der Waals surface area contributed by atoms with E-state index >= 15 is 0 Å². The minimum absolute atomic E-state index is 0.704. The molecule has 0 aliphatic heterocycles. The minimum Gasteiger partial charge on any atom is -0.483 e. The van der Waals surface area contributed by atoms with Gasteiger partial charge in [-0.05, 0) is 24.0 Å². The maximum absolute atomic E-state index is 5.43. The van der Waals surface area contributed by atoms with Gasteiger partial charge in [0.1, 0.15) is 11.7 Å². The van der Waals surface area contributed by atoms with Gasteiger partial charge in [-0.2, -0.15) is 12.6 Å². The van der Waals surface area contributed by atoms with Gasteiger partial charge >= 0.3 is 0 Å². The molecule has 0 aliphatic carbocycles. The van der Waals surface area contributed by atoms with Gasteiger partial charge in [0, 0.05) is 5.75 Å². The molecule has 0 N–H and O–H groups in total. The maximum atomic E-state index is 5.43. The fourth-order valence-corrected chi connectivity index (χ4v) is 1.31. The van der Waals surface area contributed by atoms with E-state index in [1.807, 2.05) is 30.5 Å². The molecule has 0 amide bonds. The molecule has 0 atom stereocenters. The first kappa shape index (κ1) is 9.81. The summed E-state index contributed by atoms with van der Waals surface area (Å²) in [5, 5.41) is 0. The summed E-state index contributed by atoms with van der Waals surface area (Å²) in [4.78, 5) is 0.